The normalized spacial score (nSPS) is 11.5. The Balaban J connectivity index is 2.52. The van der Waals surface area contributed by atoms with Crippen LogP contribution in [0.5, 0.6) is 0 Å². The number of hydrogen-bond donors (Lipinski definition) is 2. The molecule has 0 fully saturated rings. The smallest absolute Gasteiger partial charge is 0.269 e. The van der Waals surface area contributed by atoms with E-state index in [4.69, 9.17) is 5.11 Å². The molecule has 0 aliphatic rings. The largest absolute Gasteiger partial charge is 0.396 e. The van der Waals surface area contributed by atoms with Crippen LogP contribution >= 0.6 is 0 Å². The van der Waals surface area contributed by atoms with E-state index in [1.165, 1.54) is 6.07 Å². The fourth-order valence-corrected chi connectivity index (χ4v) is 1.38. The fourth-order valence-electron chi connectivity index (χ4n) is 1.38. The van der Waals surface area contributed by atoms with Gasteiger partial charge in [-0.15, -0.1) is 0 Å². The van der Waals surface area contributed by atoms with E-state index in [1.807, 2.05) is 19.9 Å². The number of benzene rings is 1. The molecule has 0 aromatic heterocycles. The van der Waals surface area contributed by atoms with Crippen molar-refractivity contribution in [3.63, 3.8) is 0 Å². The Morgan fingerprint density at radius 3 is 2.76 bits per heavy atom. The topological polar surface area (TPSA) is 75.4 Å². The molecule has 17 heavy (non-hydrogen) atoms. The van der Waals surface area contributed by atoms with E-state index in [0.717, 1.165) is 5.56 Å². The molecule has 0 unspecified atom stereocenters. The fraction of sp³-hybridized carbons (Fsp3) is 0.500. The first-order valence-electron chi connectivity index (χ1n) is 5.49. The van der Waals surface area contributed by atoms with E-state index in [0.29, 0.717) is 13.1 Å². The number of nitrogens with one attached hydrogen (secondary N) is 1. The van der Waals surface area contributed by atoms with Crippen molar-refractivity contribution >= 4 is 5.69 Å². The molecule has 1 aromatic rings. The number of nitro benzene ring substituents is 1. The molecule has 0 radical (unpaired) electrons. The first kappa shape index (κ1) is 13.6. The van der Waals surface area contributed by atoms with Gasteiger partial charge in [0.1, 0.15) is 0 Å². The number of non-ortho nitro benzene ring substituents is 1. The van der Waals surface area contributed by atoms with Crippen LogP contribution in [0, 0.1) is 15.5 Å². The van der Waals surface area contributed by atoms with Gasteiger partial charge in [0.2, 0.25) is 0 Å². The third kappa shape index (κ3) is 4.50. The number of aliphatic hydroxyl groups excluding tert-OH is 1. The zero-order valence-corrected chi connectivity index (χ0v) is 10.1. The summed E-state index contributed by atoms with van der Waals surface area (Å²) in [6, 6.07) is 6.54. The van der Waals surface area contributed by atoms with Crippen molar-refractivity contribution in [3.05, 3.63) is 39.9 Å². The Kier molecular flexibility index (Phi) is 4.60. The summed E-state index contributed by atoms with van der Waals surface area (Å²) < 4.78 is 0. The summed E-state index contributed by atoms with van der Waals surface area (Å²) in [4.78, 5) is 10.2. The molecule has 0 saturated heterocycles. The van der Waals surface area contributed by atoms with Crippen LogP contribution in [-0.2, 0) is 6.54 Å². The zero-order valence-electron chi connectivity index (χ0n) is 10.1. The molecule has 5 nitrogen and oxygen atoms in total. The van der Waals surface area contributed by atoms with Crippen molar-refractivity contribution in [2.24, 2.45) is 5.41 Å². The standard InChI is InChI=1S/C12H18N2O3/c1-12(2,9-15)8-13-7-10-4-3-5-11(6-10)14(16)17/h3-6,13,15H,7-9H2,1-2H3. The molecular weight excluding hydrogens is 220 g/mol. The maximum absolute atomic E-state index is 10.6. The average Bonchev–Trinajstić information content (AvgIpc) is 2.29. The lowest BCUT2D eigenvalue weighted by Gasteiger charge is -2.21. The molecule has 0 saturated carbocycles. The van der Waals surface area contributed by atoms with Gasteiger partial charge in [-0.25, -0.2) is 0 Å². The predicted molar refractivity (Wildman–Crippen MR) is 65.7 cm³/mol. The monoisotopic (exact) mass is 238 g/mol. The van der Waals surface area contributed by atoms with Gasteiger partial charge in [-0.2, -0.15) is 0 Å². The van der Waals surface area contributed by atoms with Crippen LogP contribution in [0.3, 0.4) is 0 Å². The van der Waals surface area contributed by atoms with Gasteiger partial charge in [-0.05, 0) is 5.56 Å². The maximum atomic E-state index is 10.6. The van der Waals surface area contributed by atoms with Crippen LogP contribution in [0.4, 0.5) is 5.69 Å². The van der Waals surface area contributed by atoms with Gasteiger partial charge in [0.25, 0.3) is 5.69 Å². The minimum atomic E-state index is -0.402. The van der Waals surface area contributed by atoms with Gasteiger partial charge < -0.3 is 10.4 Å². The Labute approximate surface area is 101 Å². The lowest BCUT2D eigenvalue weighted by molar-refractivity contribution is -0.384. The molecule has 5 heteroatoms. The summed E-state index contributed by atoms with van der Waals surface area (Å²) in [6.45, 7) is 5.23. The number of nitrogens with zero attached hydrogens (tertiary/aromatic N) is 1. The average molecular weight is 238 g/mol. The van der Waals surface area contributed by atoms with E-state index in [9.17, 15) is 10.1 Å². The lowest BCUT2D eigenvalue weighted by atomic mass is 9.95. The summed E-state index contributed by atoms with van der Waals surface area (Å²) in [5, 5.41) is 22.8. The van der Waals surface area contributed by atoms with Crippen LogP contribution in [0.2, 0.25) is 0 Å². The van der Waals surface area contributed by atoms with Crippen LogP contribution in [-0.4, -0.2) is 23.2 Å². The zero-order chi connectivity index (χ0) is 12.9. The Hall–Kier alpha value is -1.46. The van der Waals surface area contributed by atoms with Crippen molar-refractivity contribution < 1.29 is 10.0 Å². The molecule has 0 aliphatic carbocycles. The van der Waals surface area contributed by atoms with E-state index in [-0.39, 0.29) is 17.7 Å². The Morgan fingerprint density at radius 2 is 2.18 bits per heavy atom. The highest BCUT2D eigenvalue weighted by molar-refractivity contribution is 5.34. The minimum Gasteiger partial charge on any atom is -0.396 e. The number of nitro groups is 1. The second-order valence-electron chi connectivity index (χ2n) is 4.85. The van der Waals surface area contributed by atoms with Crippen LogP contribution in [0.1, 0.15) is 19.4 Å². The molecule has 0 spiro atoms. The van der Waals surface area contributed by atoms with Gasteiger partial charge >= 0.3 is 0 Å². The van der Waals surface area contributed by atoms with E-state index in [2.05, 4.69) is 5.32 Å². The number of hydrogen-bond acceptors (Lipinski definition) is 4. The van der Waals surface area contributed by atoms with Crippen molar-refractivity contribution in [2.45, 2.75) is 20.4 Å². The van der Waals surface area contributed by atoms with E-state index < -0.39 is 4.92 Å². The van der Waals surface area contributed by atoms with E-state index >= 15 is 0 Å². The molecule has 0 atom stereocenters. The molecule has 0 heterocycles. The first-order valence-corrected chi connectivity index (χ1v) is 5.49. The SMILES string of the molecule is CC(C)(CO)CNCc1cccc([N+](=O)[O-])c1. The Bertz CT molecular complexity index is 391. The number of aliphatic hydroxyl groups is 1. The highest BCUT2D eigenvalue weighted by Crippen LogP contribution is 2.14. The quantitative estimate of drug-likeness (QED) is 0.584. The van der Waals surface area contributed by atoms with E-state index in [1.54, 1.807) is 12.1 Å². The summed E-state index contributed by atoms with van der Waals surface area (Å²) in [5.41, 5.74) is 0.791. The predicted octanol–water partition coefficient (Wildman–Crippen LogP) is 1.70. The lowest BCUT2D eigenvalue weighted by Crippen LogP contribution is -2.31. The second-order valence-corrected chi connectivity index (χ2v) is 4.85. The maximum Gasteiger partial charge on any atom is 0.269 e. The van der Waals surface area contributed by atoms with Crippen molar-refractivity contribution in [1.29, 1.82) is 0 Å². The van der Waals surface area contributed by atoms with Gasteiger partial charge in [-0.3, -0.25) is 10.1 Å². The molecule has 0 amide bonds. The molecule has 1 rings (SSSR count). The van der Waals surface area contributed by atoms with Crippen LogP contribution in [0.25, 0.3) is 0 Å². The Morgan fingerprint density at radius 1 is 1.47 bits per heavy atom. The van der Waals surface area contributed by atoms with Gasteiger partial charge in [0.15, 0.2) is 0 Å². The molecule has 0 bridgehead atoms. The molecule has 2 N–H and O–H groups in total. The molecular formula is C12H18N2O3. The van der Waals surface area contributed by atoms with Crippen LogP contribution in [0.15, 0.2) is 24.3 Å². The minimum absolute atomic E-state index is 0.103. The molecule has 94 valence electrons. The summed E-state index contributed by atoms with van der Waals surface area (Å²) in [6.07, 6.45) is 0. The third-order valence-electron chi connectivity index (χ3n) is 2.48. The van der Waals surface area contributed by atoms with Gasteiger partial charge in [-0.1, -0.05) is 26.0 Å². The highest BCUT2D eigenvalue weighted by Gasteiger charge is 2.15. The summed E-state index contributed by atoms with van der Waals surface area (Å²) in [7, 11) is 0. The summed E-state index contributed by atoms with van der Waals surface area (Å²) >= 11 is 0. The summed E-state index contributed by atoms with van der Waals surface area (Å²) in [5.74, 6) is 0. The van der Waals surface area contributed by atoms with Crippen molar-refractivity contribution in [2.75, 3.05) is 13.2 Å². The highest BCUT2D eigenvalue weighted by atomic mass is 16.6. The van der Waals surface area contributed by atoms with Crippen molar-refractivity contribution in [1.82, 2.24) is 5.32 Å². The van der Waals surface area contributed by atoms with Gasteiger partial charge in [0.05, 0.1) is 4.92 Å². The molecule has 1 aromatic carbocycles. The first-order chi connectivity index (χ1) is 7.94. The van der Waals surface area contributed by atoms with Crippen LogP contribution < -0.4 is 5.32 Å². The third-order valence-corrected chi connectivity index (χ3v) is 2.48. The molecule has 0 aliphatic heterocycles. The number of rotatable bonds is 6. The van der Waals surface area contributed by atoms with Crippen molar-refractivity contribution in [3.8, 4) is 0 Å². The second kappa shape index (κ2) is 5.75. The van der Waals surface area contributed by atoms with Gasteiger partial charge in [0, 0.05) is 37.2 Å².